The van der Waals surface area contributed by atoms with Gasteiger partial charge in [-0.1, -0.05) is 42.5 Å². The van der Waals surface area contributed by atoms with Crippen molar-refractivity contribution in [3.63, 3.8) is 0 Å². The van der Waals surface area contributed by atoms with E-state index in [2.05, 4.69) is 25.4 Å². The molecule has 0 bridgehead atoms. The standard InChI is InChI=1S/C38H50N7O8P/c1-25(2)51-37(47)27(4)44-54(49,24-50-26(3)21-45-23-42-34-35(39)40-22-41-36(34)45)53-31-17-14-29(15-18-31)20-32(38(48)52-30-12-8-9-13-30)43-33(46)19-16-28-10-6-5-7-11-28/h5-7,10-11,14-15,17-18,22-23,25-27,30,32H,8-9,12-13,16,19-21,24H2,1-4H3,(H,43,46)(H,44,49)(H2,39,40,41)/t26-,27+,32+,54+/m1/s1. The Morgan fingerprint density at radius 2 is 1.67 bits per heavy atom. The van der Waals surface area contributed by atoms with Crippen LogP contribution in [0.4, 0.5) is 5.82 Å². The molecular weight excluding hydrogens is 713 g/mol. The number of nitrogen functional groups attached to an aromatic ring is 1. The minimum Gasteiger partial charge on any atom is -0.462 e. The predicted molar refractivity (Wildman–Crippen MR) is 202 cm³/mol. The maximum atomic E-state index is 14.3. The molecular formula is C38H50N7O8P. The van der Waals surface area contributed by atoms with Crippen LogP contribution in [0.25, 0.3) is 11.2 Å². The molecule has 54 heavy (non-hydrogen) atoms. The largest absolute Gasteiger partial charge is 0.462 e. The SMILES string of the molecule is CC(C)OC(=O)[C@H](C)N[P@](=O)(CO[C@H](C)Cn1cnc2c(N)ncnc21)Oc1ccc(C[C@H](NC(=O)CCc2ccccc2)C(=O)OC2CCCC2)cc1. The van der Waals surface area contributed by atoms with Crippen LogP contribution in [0.5, 0.6) is 5.75 Å². The van der Waals surface area contributed by atoms with Crippen molar-refractivity contribution < 1.29 is 37.7 Å². The van der Waals surface area contributed by atoms with Gasteiger partial charge < -0.3 is 34.4 Å². The number of fused-ring (bicyclic) bond motifs is 1. The van der Waals surface area contributed by atoms with Gasteiger partial charge in [0.05, 0.1) is 25.1 Å². The summed E-state index contributed by atoms with van der Waals surface area (Å²) in [5.74, 6) is -0.833. The summed E-state index contributed by atoms with van der Waals surface area (Å²) in [5, 5.41) is 5.69. The monoisotopic (exact) mass is 763 g/mol. The molecule has 0 unspecified atom stereocenters. The van der Waals surface area contributed by atoms with Crippen LogP contribution in [0.3, 0.4) is 0 Å². The van der Waals surface area contributed by atoms with Gasteiger partial charge >= 0.3 is 19.5 Å². The van der Waals surface area contributed by atoms with Gasteiger partial charge in [-0.05, 0) is 83.1 Å². The van der Waals surface area contributed by atoms with Crippen molar-refractivity contribution in [2.75, 3.05) is 12.1 Å². The first-order valence-electron chi connectivity index (χ1n) is 18.3. The van der Waals surface area contributed by atoms with E-state index in [1.54, 1.807) is 55.9 Å². The van der Waals surface area contributed by atoms with Crippen molar-refractivity contribution in [3.8, 4) is 5.75 Å². The van der Waals surface area contributed by atoms with Crippen LogP contribution in [-0.4, -0.2) is 74.1 Å². The summed E-state index contributed by atoms with van der Waals surface area (Å²) in [6, 6.07) is 14.5. The number of anilines is 1. The molecule has 5 rings (SSSR count). The number of esters is 2. The average molecular weight is 764 g/mol. The zero-order valence-electron chi connectivity index (χ0n) is 31.2. The number of hydrogen-bond acceptors (Lipinski definition) is 12. The third-order valence-electron chi connectivity index (χ3n) is 8.81. The van der Waals surface area contributed by atoms with Gasteiger partial charge in [0, 0.05) is 12.8 Å². The second kappa shape index (κ2) is 19.0. The van der Waals surface area contributed by atoms with E-state index in [4.69, 9.17) is 24.5 Å². The van der Waals surface area contributed by atoms with E-state index >= 15 is 0 Å². The van der Waals surface area contributed by atoms with Crippen molar-refractivity contribution in [3.05, 3.63) is 78.4 Å². The Hall–Kier alpha value is -4.85. The summed E-state index contributed by atoms with van der Waals surface area (Å²) >= 11 is 0. The number of carbonyl (C=O) groups excluding carboxylic acids is 3. The Kier molecular flexibility index (Phi) is 14.2. The number of ether oxygens (including phenoxy) is 3. The molecule has 4 N–H and O–H groups in total. The minimum absolute atomic E-state index is 0.157. The molecule has 1 fully saturated rings. The number of nitrogens with one attached hydrogen (secondary N) is 2. The summed E-state index contributed by atoms with van der Waals surface area (Å²) in [7, 11) is -3.90. The molecule has 290 valence electrons. The summed E-state index contributed by atoms with van der Waals surface area (Å²) < 4.78 is 39.2. The summed E-state index contributed by atoms with van der Waals surface area (Å²) in [4.78, 5) is 51.5. The van der Waals surface area contributed by atoms with Crippen LogP contribution in [0, 0.1) is 0 Å². The molecule has 2 aromatic heterocycles. The number of nitrogens with two attached hydrogens (primary N) is 1. The smallest absolute Gasteiger partial charge is 0.342 e. The number of aryl methyl sites for hydroxylation is 1. The fraction of sp³-hybridized carbons (Fsp3) is 0.474. The van der Waals surface area contributed by atoms with E-state index in [1.165, 1.54) is 13.3 Å². The molecule has 1 aliphatic carbocycles. The average Bonchev–Trinajstić information content (AvgIpc) is 3.81. The zero-order chi connectivity index (χ0) is 38.7. The van der Waals surface area contributed by atoms with Crippen LogP contribution in [-0.2, 0) is 52.5 Å². The Labute approximate surface area is 315 Å². The highest BCUT2D eigenvalue weighted by molar-refractivity contribution is 7.57. The molecule has 0 radical (unpaired) electrons. The number of carbonyl (C=O) groups is 3. The number of rotatable bonds is 19. The van der Waals surface area contributed by atoms with Gasteiger partial charge in [-0.2, -0.15) is 0 Å². The molecule has 1 aliphatic rings. The minimum atomic E-state index is -3.90. The second-order valence-corrected chi connectivity index (χ2v) is 15.9. The highest BCUT2D eigenvalue weighted by atomic mass is 31.2. The second-order valence-electron chi connectivity index (χ2n) is 13.8. The first-order chi connectivity index (χ1) is 25.9. The van der Waals surface area contributed by atoms with Gasteiger partial charge in [-0.25, -0.2) is 24.8 Å². The Balaban J connectivity index is 1.26. The molecule has 0 spiro atoms. The molecule has 1 amide bonds. The zero-order valence-corrected chi connectivity index (χ0v) is 32.1. The summed E-state index contributed by atoms with van der Waals surface area (Å²) in [6.07, 6.45) is 6.07. The maximum absolute atomic E-state index is 14.3. The number of amides is 1. The molecule has 4 atom stereocenters. The Morgan fingerprint density at radius 1 is 0.944 bits per heavy atom. The van der Waals surface area contributed by atoms with Crippen LogP contribution >= 0.6 is 7.52 Å². The van der Waals surface area contributed by atoms with Crippen LogP contribution < -0.4 is 20.7 Å². The molecule has 0 saturated heterocycles. The third kappa shape index (κ3) is 11.8. The lowest BCUT2D eigenvalue weighted by Gasteiger charge is -2.25. The topological polar surface area (TPSA) is 199 Å². The normalized spacial score (nSPS) is 16.0. The van der Waals surface area contributed by atoms with Crippen molar-refractivity contribution in [2.45, 2.75) is 110 Å². The fourth-order valence-electron chi connectivity index (χ4n) is 6.07. The lowest BCUT2D eigenvalue weighted by molar-refractivity contribution is -0.152. The quantitative estimate of drug-likeness (QED) is 0.0841. The van der Waals surface area contributed by atoms with E-state index in [1.807, 2.05) is 30.3 Å². The summed E-state index contributed by atoms with van der Waals surface area (Å²) in [5.41, 5.74) is 8.66. The lowest BCUT2D eigenvalue weighted by atomic mass is 10.0. The van der Waals surface area contributed by atoms with Crippen molar-refractivity contribution in [2.24, 2.45) is 0 Å². The number of nitrogens with zero attached hydrogens (tertiary/aromatic N) is 4. The predicted octanol–water partition coefficient (Wildman–Crippen LogP) is 5.12. The highest BCUT2D eigenvalue weighted by Crippen LogP contribution is 2.44. The molecule has 0 aliphatic heterocycles. The molecule has 15 nitrogen and oxygen atoms in total. The first kappa shape index (κ1) is 40.3. The van der Waals surface area contributed by atoms with Crippen molar-refractivity contribution in [1.82, 2.24) is 29.9 Å². The van der Waals surface area contributed by atoms with Crippen LogP contribution in [0.15, 0.2) is 67.3 Å². The van der Waals surface area contributed by atoms with E-state index < -0.39 is 37.6 Å². The van der Waals surface area contributed by atoms with Crippen LogP contribution in [0.2, 0.25) is 0 Å². The highest BCUT2D eigenvalue weighted by Gasteiger charge is 2.33. The van der Waals surface area contributed by atoms with E-state index in [9.17, 15) is 18.9 Å². The van der Waals surface area contributed by atoms with Gasteiger partial charge in [0.25, 0.3) is 0 Å². The molecule has 4 aromatic rings. The fourth-order valence-corrected chi connectivity index (χ4v) is 7.86. The van der Waals surface area contributed by atoms with Crippen molar-refractivity contribution >= 4 is 42.3 Å². The maximum Gasteiger partial charge on any atom is 0.342 e. The van der Waals surface area contributed by atoms with E-state index in [0.717, 1.165) is 36.8 Å². The van der Waals surface area contributed by atoms with Gasteiger partial charge in [0.1, 0.15) is 42.1 Å². The molecule has 2 heterocycles. The van der Waals surface area contributed by atoms with Gasteiger partial charge in [-0.3, -0.25) is 14.2 Å². The molecule has 2 aromatic carbocycles. The van der Waals surface area contributed by atoms with Crippen molar-refractivity contribution in [1.29, 1.82) is 0 Å². The lowest BCUT2D eigenvalue weighted by Crippen LogP contribution is -2.44. The van der Waals surface area contributed by atoms with E-state index in [0.29, 0.717) is 24.1 Å². The summed E-state index contributed by atoms with van der Waals surface area (Å²) in [6.45, 7) is 7.08. The number of imidazole rings is 1. The molecule has 16 heteroatoms. The van der Waals surface area contributed by atoms with Gasteiger partial charge in [-0.15, -0.1) is 0 Å². The third-order valence-corrected chi connectivity index (χ3v) is 10.6. The number of aromatic nitrogens is 4. The van der Waals surface area contributed by atoms with Gasteiger partial charge in [0.2, 0.25) is 5.91 Å². The van der Waals surface area contributed by atoms with Crippen LogP contribution in [0.1, 0.15) is 70.9 Å². The Bertz CT molecular complexity index is 1900. The number of benzene rings is 2. The molecule has 1 saturated carbocycles. The Morgan fingerprint density at radius 3 is 2.37 bits per heavy atom. The number of hydrogen-bond donors (Lipinski definition) is 3. The van der Waals surface area contributed by atoms with Gasteiger partial charge in [0.15, 0.2) is 11.5 Å². The first-order valence-corrected chi connectivity index (χ1v) is 20.1. The van der Waals surface area contributed by atoms with E-state index in [-0.39, 0.29) is 48.9 Å².